The van der Waals surface area contributed by atoms with E-state index in [9.17, 15) is 24.5 Å². The molecule has 0 bridgehead atoms. The van der Waals surface area contributed by atoms with Crippen LogP contribution in [0.3, 0.4) is 0 Å². The maximum absolute atomic E-state index is 12.9. The van der Waals surface area contributed by atoms with Crippen molar-refractivity contribution in [3.63, 3.8) is 0 Å². The molecule has 1 aliphatic heterocycles. The molecule has 0 radical (unpaired) electrons. The quantitative estimate of drug-likeness (QED) is 0.467. The number of nitrogens with one attached hydrogen (secondary N) is 1. The molecular formula is C19H26N8O6. The van der Waals surface area contributed by atoms with Gasteiger partial charge in [0.15, 0.2) is 0 Å². The third kappa shape index (κ3) is 5.64. The van der Waals surface area contributed by atoms with E-state index >= 15 is 0 Å². The van der Waals surface area contributed by atoms with E-state index in [0.717, 1.165) is 4.68 Å². The van der Waals surface area contributed by atoms with Gasteiger partial charge in [-0.05, 0) is 25.7 Å². The highest BCUT2D eigenvalue weighted by molar-refractivity contribution is 5.91. The van der Waals surface area contributed by atoms with Crippen LogP contribution in [0.4, 0.5) is 16.3 Å². The van der Waals surface area contributed by atoms with Crippen molar-refractivity contribution < 1.29 is 24.0 Å². The molecule has 178 valence electrons. The molecule has 0 saturated carbocycles. The van der Waals surface area contributed by atoms with Crippen molar-refractivity contribution in [2.24, 2.45) is 0 Å². The van der Waals surface area contributed by atoms with Crippen LogP contribution < -0.4 is 5.32 Å². The molecule has 1 atom stereocenters. The van der Waals surface area contributed by atoms with E-state index in [-0.39, 0.29) is 24.4 Å². The van der Waals surface area contributed by atoms with Crippen LogP contribution in [0.15, 0.2) is 18.5 Å². The summed E-state index contributed by atoms with van der Waals surface area (Å²) in [6.07, 6.45) is 2.53. The van der Waals surface area contributed by atoms with E-state index in [4.69, 9.17) is 4.74 Å². The summed E-state index contributed by atoms with van der Waals surface area (Å²) in [4.78, 5) is 50.4. The van der Waals surface area contributed by atoms with Gasteiger partial charge in [-0.1, -0.05) is 0 Å². The fourth-order valence-electron chi connectivity index (χ4n) is 3.38. The molecule has 0 aliphatic carbocycles. The second-order valence-electron chi connectivity index (χ2n) is 7.47. The van der Waals surface area contributed by atoms with Crippen molar-refractivity contribution in [3.05, 3.63) is 34.3 Å². The topological polar surface area (TPSA) is 158 Å². The highest BCUT2D eigenvalue weighted by Crippen LogP contribution is 2.19. The van der Waals surface area contributed by atoms with Crippen LogP contribution in [0.1, 0.15) is 25.6 Å². The zero-order valence-electron chi connectivity index (χ0n) is 18.6. The highest BCUT2D eigenvalue weighted by atomic mass is 16.6. The van der Waals surface area contributed by atoms with E-state index in [2.05, 4.69) is 15.5 Å². The van der Waals surface area contributed by atoms with Crippen molar-refractivity contribution >= 4 is 29.4 Å². The van der Waals surface area contributed by atoms with Crippen LogP contribution in [0, 0.1) is 17.0 Å². The van der Waals surface area contributed by atoms with Crippen molar-refractivity contribution in [1.29, 1.82) is 0 Å². The molecule has 14 heteroatoms. The Morgan fingerprint density at radius 1 is 1.21 bits per heavy atom. The number of hydrogen-bond donors (Lipinski definition) is 1. The summed E-state index contributed by atoms with van der Waals surface area (Å²) in [6.45, 7) is 6.80. The predicted octanol–water partition coefficient (Wildman–Crippen LogP) is 0.797. The molecule has 14 nitrogen and oxygen atoms in total. The van der Waals surface area contributed by atoms with Crippen LogP contribution in [0.5, 0.6) is 0 Å². The zero-order valence-corrected chi connectivity index (χ0v) is 18.6. The van der Waals surface area contributed by atoms with Crippen LogP contribution in [0.2, 0.25) is 0 Å². The third-order valence-corrected chi connectivity index (χ3v) is 5.18. The van der Waals surface area contributed by atoms with Crippen LogP contribution in [-0.2, 0) is 20.9 Å². The SMILES string of the molecule is CCOC(=O)N1CCN(C(=O)C(C)n2cc(NC(=O)Cn3ccc([N+](=O)[O-])n3)c(C)n2)CC1. The summed E-state index contributed by atoms with van der Waals surface area (Å²) in [5.74, 6) is -0.935. The summed E-state index contributed by atoms with van der Waals surface area (Å²) in [5.41, 5.74) is 0.940. The van der Waals surface area contributed by atoms with Gasteiger partial charge >= 0.3 is 11.9 Å². The third-order valence-electron chi connectivity index (χ3n) is 5.18. The Morgan fingerprint density at radius 3 is 2.48 bits per heavy atom. The number of aryl methyl sites for hydroxylation is 1. The molecule has 2 aromatic heterocycles. The first kappa shape index (κ1) is 23.7. The lowest BCUT2D eigenvalue weighted by Crippen LogP contribution is -2.52. The van der Waals surface area contributed by atoms with Crippen molar-refractivity contribution in [1.82, 2.24) is 29.4 Å². The minimum Gasteiger partial charge on any atom is -0.450 e. The van der Waals surface area contributed by atoms with Gasteiger partial charge in [-0.25, -0.2) is 4.79 Å². The summed E-state index contributed by atoms with van der Waals surface area (Å²) < 4.78 is 7.63. The lowest BCUT2D eigenvalue weighted by molar-refractivity contribution is -0.389. The van der Waals surface area contributed by atoms with Gasteiger partial charge in [0.2, 0.25) is 11.8 Å². The van der Waals surface area contributed by atoms with Gasteiger partial charge in [0.05, 0.1) is 35.4 Å². The molecule has 1 fully saturated rings. The minimum atomic E-state index is -0.641. The number of hydrogen-bond acceptors (Lipinski definition) is 8. The van der Waals surface area contributed by atoms with E-state index < -0.39 is 16.9 Å². The fourth-order valence-corrected chi connectivity index (χ4v) is 3.38. The number of anilines is 1. The van der Waals surface area contributed by atoms with Crippen LogP contribution in [-0.4, -0.2) is 85.0 Å². The Hall–Kier alpha value is -3.97. The Bertz CT molecular complexity index is 1040. The Labute approximate surface area is 189 Å². The molecule has 3 heterocycles. The summed E-state index contributed by atoms with van der Waals surface area (Å²) in [5, 5.41) is 21.4. The second kappa shape index (κ2) is 10.1. The molecule has 3 rings (SSSR count). The average molecular weight is 462 g/mol. The summed E-state index contributed by atoms with van der Waals surface area (Å²) in [7, 11) is 0. The predicted molar refractivity (Wildman–Crippen MR) is 114 cm³/mol. The van der Waals surface area contributed by atoms with E-state index in [0.29, 0.717) is 44.2 Å². The zero-order chi connectivity index (χ0) is 24.1. The second-order valence-corrected chi connectivity index (χ2v) is 7.47. The smallest absolute Gasteiger partial charge is 0.409 e. The van der Waals surface area contributed by atoms with Crippen LogP contribution >= 0.6 is 0 Å². The molecule has 33 heavy (non-hydrogen) atoms. The number of nitrogens with zero attached hydrogens (tertiary/aromatic N) is 7. The first-order valence-corrected chi connectivity index (χ1v) is 10.4. The van der Waals surface area contributed by atoms with E-state index in [1.165, 1.54) is 16.9 Å². The number of carbonyl (C=O) groups excluding carboxylic acids is 3. The van der Waals surface area contributed by atoms with Crippen molar-refractivity contribution in [2.45, 2.75) is 33.4 Å². The standard InChI is InChI=1S/C19H26N8O6/c1-4-33-19(30)24-9-7-23(8-10-24)18(29)14(3)26-11-15(13(2)21-26)20-17(28)12-25-6-5-16(22-25)27(31)32/h5-6,11,14H,4,7-10,12H2,1-3H3,(H,20,28). The molecule has 3 amide bonds. The maximum atomic E-state index is 12.9. The average Bonchev–Trinajstić information content (AvgIpc) is 3.40. The normalized spacial score (nSPS) is 14.6. The van der Waals surface area contributed by atoms with Gasteiger partial charge in [-0.15, -0.1) is 0 Å². The molecule has 1 saturated heterocycles. The molecule has 0 spiro atoms. The lowest BCUT2D eigenvalue weighted by Gasteiger charge is -2.35. The summed E-state index contributed by atoms with van der Waals surface area (Å²) in [6, 6.07) is 0.591. The summed E-state index contributed by atoms with van der Waals surface area (Å²) >= 11 is 0. The Balaban J connectivity index is 1.57. The van der Waals surface area contributed by atoms with Gasteiger partial charge in [0, 0.05) is 32.4 Å². The maximum Gasteiger partial charge on any atom is 0.409 e. The molecule has 1 aliphatic rings. The molecule has 1 N–H and O–H groups in total. The van der Waals surface area contributed by atoms with Crippen molar-refractivity contribution in [2.75, 3.05) is 38.1 Å². The van der Waals surface area contributed by atoms with Gasteiger partial charge in [0.1, 0.15) is 12.6 Å². The van der Waals surface area contributed by atoms with Gasteiger partial charge < -0.3 is 30.0 Å². The number of nitro groups is 1. The molecular weight excluding hydrogens is 436 g/mol. The molecule has 1 unspecified atom stereocenters. The number of carbonyl (C=O) groups is 3. The lowest BCUT2D eigenvalue weighted by atomic mass is 10.2. The minimum absolute atomic E-state index is 0.150. The fraction of sp³-hybridized carbons (Fsp3) is 0.526. The highest BCUT2D eigenvalue weighted by Gasteiger charge is 2.29. The number of rotatable bonds is 7. The van der Waals surface area contributed by atoms with E-state index in [1.54, 1.807) is 36.8 Å². The first-order chi connectivity index (χ1) is 15.7. The van der Waals surface area contributed by atoms with Gasteiger partial charge in [-0.2, -0.15) is 9.78 Å². The van der Waals surface area contributed by atoms with Crippen molar-refractivity contribution in [3.8, 4) is 0 Å². The number of aromatic nitrogens is 4. The largest absolute Gasteiger partial charge is 0.450 e. The Morgan fingerprint density at radius 2 is 1.88 bits per heavy atom. The number of amides is 3. The van der Waals surface area contributed by atoms with Crippen LogP contribution in [0.25, 0.3) is 0 Å². The van der Waals surface area contributed by atoms with E-state index in [1.807, 2.05) is 0 Å². The van der Waals surface area contributed by atoms with Gasteiger partial charge in [0.25, 0.3) is 0 Å². The molecule has 2 aromatic rings. The number of ether oxygens (including phenoxy) is 1. The molecule has 0 aromatic carbocycles. The Kier molecular flexibility index (Phi) is 7.25. The monoisotopic (exact) mass is 462 g/mol. The van der Waals surface area contributed by atoms with Gasteiger partial charge in [-0.3, -0.25) is 14.3 Å². The number of piperazine rings is 1. The first-order valence-electron chi connectivity index (χ1n) is 10.4.